The van der Waals surface area contributed by atoms with Crippen LogP contribution in [0.2, 0.25) is 0 Å². The van der Waals surface area contributed by atoms with Gasteiger partial charge in [0.05, 0.1) is 33.5 Å². The van der Waals surface area contributed by atoms with Crippen LogP contribution in [0.1, 0.15) is 38.2 Å². The topological polar surface area (TPSA) is 84.3 Å². The third-order valence-corrected chi connectivity index (χ3v) is 4.61. The van der Waals surface area contributed by atoms with E-state index in [1.165, 1.54) is 0 Å². The van der Waals surface area contributed by atoms with E-state index in [0.717, 1.165) is 37.8 Å². The van der Waals surface area contributed by atoms with Crippen LogP contribution in [-0.2, 0) is 6.54 Å². The van der Waals surface area contributed by atoms with Gasteiger partial charge in [-0.15, -0.1) is 0 Å². The van der Waals surface area contributed by atoms with Gasteiger partial charge in [0.2, 0.25) is 5.75 Å². The maximum absolute atomic E-state index is 10.5. The molecule has 2 rings (SSSR count). The quantitative estimate of drug-likeness (QED) is 0.483. The van der Waals surface area contributed by atoms with E-state index < -0.39 is 5.60 Å². The Bertz CT molecular complexity index is 588. The van der Waals surface area contributed by atoms with Crippen molar-refractivity contribution in [3.8, 4) is 17.2 Å². The van der Waals surface area contributed by atoms with Crippen LogP contribution in [0.15, 0.2) is 17.1 Å². The Kier molecular flexibility index (Phi) is 7.38. The summed E-state index contributed by atoms with van der Waals surface area (Å²) in [6.45, 7) is 3.72. The van der Waals surface area contributed by atoms with Crippen molar-refractivity contribution in [1.29, 1.82) is 0 Å². The molecule has 3 N–H and O–H groups in total. The Morgan fingerprint density at radius 2 is 1.69 bits per heavy atom. The molecule has 0 unspecified atom stereocenters. The SMILES string of the molecule is CCNC(=NCc1cc(OC)c(OC)c(OC)c1)NCC1(O)CCCC1. The van der Waals surface area contributed by atoms with E-state index in [4.69, 9.17) is 14.2 Å². The van der Waals surface area contributed by atoms with E-state index >= 15 is 0 Å². The summed E-state index contributed by atoms with van der Waals surface area (Å²) < 4.78 is 16.1. The summed E-state index contributed by atoms with van der Waals surface area (Å²) in [6, 6.07) is 3.78. The Morgan fingerprint density at radius 3 is 2.19 bits per heavy atom. The molecule has 0 amide bonds. The minimum atomic E-state index is -0.622. The number of methoxy groups -OCH3 is 3. The second kappa shape index (κ2) is 9.52. The zero-order valence-corrected chi connectivity index (χ0v) is 16.2. The van der Waals surface area contributed by atoms with Crippen LogP contribution in [0.3, 0.4) is 0 Å². The fourth-order valence-electron chi connectivity index (χ4n) is 3.20. The fraction of sp³-hybridized carbons (Fsp3) is 0.632. The maximum atomic E-state index is 10.5. The van der Waals surface area contributed by atoms with Crippen molar-refractivity contribution in [2.75, 3.05) is 34.4 Å². The van der Waals surface area contributed by atoms with Gasteiger partial charge in [-0.1, -0.05) is 12.8 Å². The second-order valence-corrected chi connectivity index (χ2v) is 6.51. The molecular weight excluding hydrogens is 334 g/mol. The zero-order valence-electron chi connectivity index (χ0n) is 16.2. The van der Waals surface area contributed by atoms with Crippen molar-refractivity contribution in [1.82, 2.24) is 10.6 Å². The molecule has 1 aliphatic rings. The van der Waals surface area contributed by atoms with Gasteiger partial charge in [-0.25, -0.2) is 4.99 Å². The first-order chi connectivity index (χ1) is 12.5. The number of rotatable bonds is 8. The average Bonchev–Trinajstić information content (AvgIpc) is 3.09. The lowest BCUT2D eigenvalue weighted by Gasteiger charge is -2.23. The van der Waals surface area contributed by atoms with Gasteiger partial charge in [0.25, 0.3) is 0 Å². The van der Waals surface area contributed by atoms with Crippen LogP contribution < -0.4 is 24.8 Å². The molecule has 26 heavy (non-hydrogen) atoms. The van der Waals surface area contributed by atoms with Crippen LogP contribution >= 0.6 is 0 Å². The molecule has 0 aromatic heterocycles. The molecule has 0 bridgehead atoms. The van der Waals surface area contributed by atoms with Gasteiger partial charge in [-0.05, 0) is 37.5 Å². The summed E-state index contributed by atoms with van der Waals surface area (Å²) >= 11 is 0. The first-order valence-corrected chi connectivity index (χ1v) is 9.08. The Labute approximate surface area is 155 Å². The van der Waals surface area contributed by atoms with Crippen molar-refractivity contribution < 1.29 is 19.3 Å². The van der Waals surface area contributed by atoms with Gasteiger partial charge in [0, 0.05) is 13.1 Å². The molecule has 0 atom stereocenters. The summed E-state index contributed by atoms with van der Waals surface area (Å²) in [4.78, 5) is 4.61. The van der Waals surface area contributed by atoms with Gasteiger partial charge in [-0.3, -0.25) is 0 Å². The van der Waals surface area contributed by atoms with Gasteiger partial charge in [0.1, 0.15) is 0 Å². The molecule has 1 saturated carbocycles. The molecule has 0 saturated heterocycles. The number of hydrogen-bond acceptors (Lipinski definition) is 5. The summed E-state index contributed by atoms with van der Waals surface area (Å²) in [5, 5.41) is 17.0. The van der Waals surface area contributed by atoms with Crippen LogP contribution in [-0.4, -0.2) is 51.1 Å². The molecule has 0 aliphatic heterocycles. The maximum Gasteiger partial charge on any atom is 0.203 e. The van der Waals surface area contributed by atoms with E-state index in [2.05, 4.69) is 15.6 Å². The first kappa shape index (κ1) is 20.2. The number of benzene rings is 1. The smallest absolute Gasteiger partial charge is 0.203 e. The highest BCUT2D eigenvalue weighted by Gasteiger charge is 2.30. The van der Waals surface area contributed by atoms with Crippen molar-refractivity contribution in [2.24, 2.45) is 4.99 Å². The third-order valence-electron chi connectivity index (χ3n) is 4.61. The number of nitrogens with one attached hydrogen (secondary N) is 2. The fourth-order valence-corrected chi connectivity index (χ4v) is 3.20. The van der Waals surface area contributed by atoms with Crippen LogP contribution in [0.4, 0.5) is 0 Å². The van der Waals surface area contributed by atoms with E-state index in [1.807, 2.05) is 19.1 Å². The highest BCUT2D eigenvalue weighted by atomic mass is 16.5. The van der Waals surface area contributed by atoms with Crippen LogP contribution in [0.25, 0.3) is 0 Å². The number of aliphatic hydroxyl groups is 1. The minimum Gasteiger partial charge on any atom is -0.493 e. The molecule has 1 aromatic carbocycles. The third kappa shape index (κ3) is 5.17. The number of hydrogen-bond donors (Lipinski definition) is 3. The van der Waals surface area contributed by atoms with E-state index in [-0.39, 0.29) is 0 Å². The molecule has 0 heterocycles. The molecule has 1 fully saturated rings. The molecule has 146 valence electrons. The lowest BCUT2D eigenvalue weighted by atomic mass is 10.0. The van der Waals surface area contributed by atoms with E-state index in [9.17, 15) is 5.11 Å². The number of aliphatic imine (C=N–C) groups is 1. The van der Waals surface area contributed by atoms with Gasteiger partial charge >= 0.3 is 0 Å². The molecule has 0 radical (unpaired) electrons. The molecular formula is C19H31N3O4. The van der Waals surface area contributed by atoms with Crippen LogP contribution in [0.5, 0.6) is 17.2 Å². The Balaban J connectivity index is 2.10. The summed E-state index contributed by atoms with van der Waals surface area (Å²) in [6.07, 6.45) is 3.84. The van der Waals surface area contributed by atoms with E-state index in [0.29, 0.717) is 36.3 Å². The number of nitrogens with zero attached hydrogens (tertiary/aromatic N) is 1. The van der Waals surface area contributed by atoms with Crippen molar-refractivity contribution in [3.63, 3.8) is 0 Å². The lowest BCUT2D eigenvalue weighted by molar-refractivity contribution is 0.0522. The summed E-state index contributed by atoms with van der Waals surface area (Å²) in [5.74, 6) is 2.46. The largest absolute Gasteiger partial charge is 0.493 e. The standard InChI is InChI=1S/C19H31N3O4/c1-5-20-18(22-13-19(23)8-6-7-9-19)21-12-14-10-15(24-2)17(26-4)16(11-14)25-3/h10-11,23H,5-9,12-13H2,1-4H3,(H2,20,21,22). The predicted molar refractivity (Wildman–Crippen MR) is 102 cm³/mol. The Hall–Kier alpha value is -2.15. The number of guanidine groups is 1. The Morgan fingerprint density at radius 1 is 1.08 bits per heavy atom. The summed E-state index contributed by atoms with van der Waals surface area (Å²) in [7, 11) is 4.77. The van der Waals surface area contributed by atoms with Gasteiger partial charge < -0.3 is 30.0 Å². The van der Waals surface area contributed by atoms with Crippen molar-refractivity contribution in [2.45, 2.75) is 44.8 Å². The highest BCUT2D eigenvalue weighted by Crippen LogP contribution is 2.38. The van der Waals surface area contributed by atoms with Crippen molar-refractivity contribution in [3.05, 3.63) is 17.7 Å². The summed E-state index contributed by atoms with van der Waals surface area (Å²) in [5.41, 5.74) is 0.319. The average molecular weight is 365 g/mol. The number of ether oxygens (including phenoxy) is 3. The first-order valence-electron chi connectivity index (χ1n) is 9.08. The lowest BCUT2D eigenvalue weighted by Crippen LogP contribution is -2.46. The predicted octanol–water partition coefficient (Wildman–Crippen LogP) is 2.07. The monoisotopic (exact) mass is 365 g/mol. The molecule has 1 aromatic rings. The zero-order chi connectivity index (χ0) is 19.0. The molecule has 7 nitrogen and oxygen atoms in total. The molecule has 0 spiro atoms. The van der Waals surface area contributed by atoms with Gasteiger partial charge in [0.15, 0.2) is 17.5 Å². The van der Waals surface area contributed by atoms with E-state index in [1.54, 1.807) is 21.3 Å². The molecule has 7 heteroatoms. The van der Waals surface area contributed by atoms with Crippen molar-refractivity contribution >= 4 is 5.96 Å². The second-order valence-electron chi connectivity index (χ2n) is 6.51. The molecule has 1 aliphatic carbocycles. The highest BCUT2D eigenvalue weighted by molar-refractivity contribution is 5.79. The normalized spacial score (nSPS) is 16.3. The van der Waals surface area contributed by atoms with Crippen LogP contribution in [0, 0.1) is 0 Å². The minimum absolute atomic E-state index is 0.449. The van der Waals surface area contributed by atoms with Gasteiger partial charge in [-0.2, -0.15) is 0 Å².